The first-order valence-electron chi connectivity index (χ1n) is 8.13. The van der Waals surface area contributed by atoms with Crippen LogP contribution in [0, 0.1) is 0 Å². The second kappa shape index (κ2) is 5.80. The topological polar surface area (TPSA) is 52.6 Å². The number of aliphatic hydroxyl groups is 1. The number of nitrogens with zero attached hydrogens (tertiary/aromatic N) is 1. The molecule has 0 radical (unpaired) electrons. The monoisotopic (exact) mass is 308 g/mol. The lowest BCUT2D eigenvalue weighted by molar-refractivity contribution is -0.120. The van der Waals surface area contributed by atoms with Crippen molar-refractivity contribution in [2.24, 2.45) is 0 Å². The number of hydrogen-bond acceptors (Lipinski definition) is 3. The maximum atomic E-state index is 12.7. The highest BCUT2D eigenvalue weighted by molar-refractivity contribution is 5.99. The van der Waals surface area contributed by atoms with Gasteiger partial charge in [-0.05, 0) is 41.7 Å². The molecule has 1 amide bonds. The number of nitrogens with one attached hydrogen (secondary N) is 1. The smallest absolute Gasteiger partial charge is 0.244 e. The number of hydrogen-bond donors (Lipinski definition) is 2. The molecule has 4 rings (SSSR count). The molecule has 0 saturated carbocycles. The zero-order chi connectivity index (χ0) is 15.8. The number of β-amino-alcohol motifs (C(OH)–C–C–N with tert-alkyl or cyclic N) is 1. The third-order valence-corrected chi connectivity index (χ3v) is 4.75. The van der Waals surface area contributed by atoms with E-state index in [0.29, 0.717) is 13.0 Å². The molecule has 1 fully saturated rings. The van der Waals surface area contributed by atoms with Crippen LogP contribution in [-0.4, -0.2) is 36.2 Å². The molecule has 4 nitrogen and oxygen atoms in total. The van der Waals surface area contributed by atoms with Crippen molar-refractivity contribution >= 4 is 11.6 Å². The molecule has 1 saturated heterocycles. The van der Waals surface area contributed by atoms with E-state index in [1.165, 1.54) is 16.7 Å². The van der Waals surface area contributed by atoms with Gasteiger partial charge in [-0.2, -0.15) is 0 Å². The summed E-state index contributed by atoms with van der Waals surface area (Å²) >= 11 is 0. The van der Waals surface area contributed by atoms with Gasteiger partial charge in [-0.25, -0.2) is 0 Å². The van der Waals surface area contributed by atoms with E-state index in [1.807, 2.05) is 29.2 Å². The quantitative estimate of drug-likeness (QED) is 0.892. The van der Waals surface area contributed by atoms with E-state index in [-0.39, 0.29) is 11.9 Å². The van der Waals surface area contributed by atoms with Gasteiger partial charge in [-0.1, -0.05) is 36.4 Å². The molecule has 2 atom stereocenters. The normalized spacial score (nSPS) is 23.1. The average Bonchev–Trinajstić information content (AvgIpc) is 3.20. The molecule has 2 aliphatic rings. The molecule has 0 aromatic heterocycles. The van der Waals surface area contributed by atoms with Crippen LogP contribution in [0.5, 0.6) is 0 Å². The fourth-order valence-electron chi connectivity index (χ4n) is 3.53. The van der Waals surface area contributed by atoms with E-state index in [1.54, 1.807) is 0 Å². The second-order valence-corrected chi connectivity index (χ2v) is 6.30. The van der Waals surface area contributed by atoms with Crippen molar-refractivity contribution in [2.45, 2.75) is 25.0 Å². The minimum Gasteiger partial charge on any atom is -0.392 e. The van der Waals surface area contributed by atoms with Crippen LogP contribution in [0.15, 0.2) is 48.5 Å². The number of rotatable bonds is 2. The van der Waals surface area contributed by atoms with E-state index in [4.69, 9.17) is 0 Å². The lowest BCUT2D eigenvalue weighted by Gasteiger charge is -2.21. The van der Waals surface area contributed by atoms with Gasteiger partial charge in [0.25, 0.3) is 0 Å². The summed E-state index contributed by atoms with van der Waals surface area (Å²) in [5, 5.41) is 12.7. The summed E-state index contributed by atoms with van der Waals surface area (Å²) in [6.45, 7) is 1.23. The molecule has 4 heteroatoms. The summed E-state index contributed by atoms with van der Waals surface area (Å²) in [6, 6.07) is 16.3. The van der Waals surface area contributed by atoms with Crippen LogP contribution in [0.3, 0.4) is 0 Å². The fourth-order valence-corrected chi connectivity index (χ4v) is 3.53. The van der Waals surface area contributed by atoms with Crippen molar-refractivity contribution in [2.75, 3.05) is 18.0 Å². The first-order chi connectivity index (χ1) is 11.2. The molecular formula is C19H20N2O2. The van der Waals surface area contributed by atoms with E-state index in [2.05, 4.69) is 29.6 Å². The minimum absolute atomic E-state index is 0.0766. The molecular weight excluding hydrogens is 288 g/mol. The average molecular weight is 308 g/mol. The Labute approximate surface area is 135 Å². The Morgan fingerprint density at radius 2 is 1.96 bits per heavy atom. The van der Waals surface area contributed by atoms with Gasteiger partial charge in [0, 0.05) is 18.8 Å². The molecule has 2 aliphatic heterocycles. The number of amides is 1. The van der Waals surface area contributed by atoms with E-state index < -0.39 is 6.10 Å². The van der Waals surface area contributed by atoms with E-state index in [0.717, 1.165) is 18.7 Å². The summed E-state index contributed by atoms with van der Waals surface area (Å²) in [4.78, 5) is 14.5. The summed E-state index contributed by atoms with van der Waals surface area (Å²) in [5.41, 5.74) is 4.62. The highest BCUT2D eigenvalue weighted by Crippen LogP contribution is 2.33. The summed E-state index contributed by atoms with van der Waals surface area (Å²) in [5.74, 6) is 0.0766. The molecule has 2 heterocycles. The maximum Gasteiger partial charge on any atom is 0.244 e. The standard InChI is InChI=1S/C19H20N2O2/c22-16-11-17(20-12-16)19(23)21-9-8-15-10-14(6-7-18(15)21)13-4-2-1-3-5-13/h1-7,10,16-17,20,22H,8-9,11-12H2/t16-,17+/m1/s1. The zero-order valence-corrected chi connectivity index (χ0v) is 12.9. The molecule has 2 aromatic carbocycles. The van der Waals surface area contributed by atoms with Gasteiger partial charge in [-0.15, -0.1) is 0 Å². The molecule has 2 aromatic rings. The van der Waals surface area contributed by atoms with Crippen LogP contribution in [0.2, 0.25) is 0 Å². The Morgan fingerprint density at radius 3 is 2.70 bits per heavy atom. The molecule has 0 unspecified atom stereocenters. The Morgan fingerprint density at radius 1 is 1.13 bits per heavy atom. The number of carbonyl (C=O) groups excluding carboxylic acids is 1. The van der Waals surface area contributed by atoms with Crippen molar-refractivity contribution in [1.29, 1.82) is 0 Å². The number of aliphatic hydroxyl groups excluding tert-OH is 1. The van der Waals surface area contributed by atoms with Crippen molar-refractivity contribution < 1.29 is 9.90 Å². The predicted octanol–water partition coefficient (Wildman–Crippen LogP) is 1.97. The van der Waals surface area contributed by atoms with Gasteiger partial charge >= 0.3 is 0 Å². The van der Waals surface area contributed by atoms with Crippen LogP contribution >= 0.6 is 0 Å². The SMILES string of the molecule is O=C([C@@H]1C[C@@H](O)CN1)N1CCc2cc(-c3ccccc3)ccc21. The van der Waals surface area contributed by atoms with Crippen LogP contribution in [0.25, 0.3) is 11.1 Å². The Hall–Kier alpha value is -2.17. The highest BCUT2D eigenvalue weighted by Gasteiger charge is 2.34. The highest BCUT2D eigenvalue weighted by atomic mass is 16.3. The van der Waals surface area contributed by atoms with E-state index in [9.17, 15) is 9.90 Å². The lowest BCUT2D eigenvalue weighted by Crippen LogP contribution is -2.42. The number of carbonyl (C=O) groups is 1. The molecule has 118 valence electrons. The van der Waals surface area contributed by atoms with Gasteiger partial charge in [0.1, 0.15) is 0 Å². The Bertz CT molecular complexity index is 729. The summed E-state index contributed by atoms with van der Waals surface area (Å²) in [6.07, 6.45) is 0.982. The van der Waals surface area contributed by atoms with Crippen molar-refractivity contribution in [3.8, 4) is 11.1 Å². The van der Waals surface area contributed by atoms with Crippen LogP contribution < -0.4 is 10.2 Å². The molecule has 0 bridgehead atoms. The molecule has 23 heavy (non-hydrogen) atoms. The molecule has 0 aliphatic carbocycles. The first kappa shape index (κ1) is 14.4. The third kappa shape index (κ3) is 2.64. The second-order valence-electron chi connectivity index (χ2n) is 6.30. The lowest BCUT2D eigenvalue weighted by atomic mass is 10.0. The van der Waals surface area contributed by atoms with Crippen molar-refractivity contribution in [1.82, 2.24) is 5.32 Å². The van der Waals surface area contributed by atoms with Gasteiger partial charge in [0.15, 0.2) is 0 Å². The fraction of sp³-hybridized carbons (Fsp3) is 0.316. The maximum absolute atomic E-state index is 12.7. The number of fused-ring (bicyclic) bond motifs is 1. The molecule has 0 spiro atoms. The Balaban J connectivity index is 1.59. The van der Waals surface area contributed by atoms with Gasteiger partial charge < -0.3 is 15.3 Å². The summed E-state index contributed by atoms with van der Waals surface area (Å²) < 4.78 is 0. The number of anilines is 1. The summed E-state index contributed by atoms with van der Waals surface area (Å²) in [7, 11) is 0. The van der Waals surface area contributed by atoms with Crippen molar-refractivity contribution in [3.05, 3.63) is 54.1 Å². The van der Waals surface area contributed by atoms with E-state index >= 15 is 0 Å². The zero-order valence-electron chi connectivity index (χ0n) is 12.9. The van der Waals surface area contributed by atoms with Crippen LogP contribution in [0.1, 0.15) is 12.0 Å². The number of benzene rings is 2. The van der Waals surface area contributed by atoms with Crippen molar-refractivity contribution in [3.63, 3.8) is 0 Å². The largest absolute Gasteiger partial charge is 0.392 e. The van der Waals surface area contributed by atoms with Gasteiger partial charge in [-0.3, -0.25) is 4.79 Å². The molecule has 2 N–H and O–H groups in total. The van der Waals surface area contributed by atoms with Gasteiger partial charge in [0.2, 0.25) is 5.91 Å². The van der Waals surface area contributed by atoms with Gasteiger partial charge in [0.05, 0.1) is 12.1 Å². The first-order valence-corrected chi connectivity index (χ1v) is 8.13. The van der Waals surface area contributed by atoms with Crippen LogP contribution in [-0.2, 0) is 11.2 Å². The third-order valence-electron chi connectivity index (χ3n) is 4.75. The Kier molecular flexibility index (Phi) is 3.63. The van der Waals surface area contributed by atoms with Crippen LogP contribution in [0.4, 0.5) is 5.69 Å². The minimum atomic E-state index is -0.411. The predicted molar refractivity (Wildman–Crippen MR) is 90.3 cm³/mol.